The number of rotatable bonds is 4. The van der Waals surface area contributed by atoms with Gasteiger partial charge in [-0.15, -0.1) is 11.3 Å². The summed E-state index contributed by atoms with van der Waals surface area (Å²) in [7, 11) is 0. The molecule has 0 fully saturated rings. The summed E-state index contributed by atoms with van der Waals surface area (Å²) in [4.78, 5) is 20.4. The lowest BCUT2D eigenvalue weighted by Gasteiger charge is -2.10. The third-order valence-corrected chi connectivity index (χ3v) is 9.78. The molecule has 0 aliphatic heterocycles. The molecule has 0 saturated heterocycles. The Kier molecular flexibility index (Phi) is 5.64. The van der Waals surface area contributed by atoms with Crippen molar-refractivity contribution < 1.29 is 8.83 Å². The number of fused-ring (bicyclic) bond motifs is 8. The van der Waals surface area contributed by atoms with Gasteiger partial charge < -0.3 is 8.83 Å². The maximum atomic E-state index is 6.48. The van der Waals surface area contributed by atoms with Gasteiger partial charge in [0.15, 0.2) is 23.1 Å². The Morgan fingerprint density at radius 1 is 0.447 bits per heavy atom. The molecule has 47 heavy (non-hydrogen) atoms. The van der Waals surface area contributed by atoms with E-state index in [2.05, 4.69) is 36.4 Å². The first kappa shape index (κ1) is 26.1. The Labute approximate surface area is 271 Å². The summed E-state index contributed by atoms with van der Waals surface area (Å²) in [6, 6.07) is 44.6. The number of nitrogens with zero attached hydrogens (tertiary/aromatic N) is 4. The van der Waals surface area contributed by atoms with Crippen LogP contribution in [0.3, 0.4) is 0 Å². The van der Waals surface area contributed by atoms with Crippen molar-refractivity contribution in [1.82, 2.24) is 19.9 Å². The van der Waals surface area contributed by atoms with E-state index in [1.54, 1.807) is 11.3 Å². The molecule has 10 aromatic rings. The molecule has 0 aliphatic rings. The number of oxazole rings is 1. The van der Waals surface area contributed by atoms with Crippen molar-refractivity contribution in [3.63, 3.8) is 0 Å². The van der Waals surface area contributed by atoms with Crippen LogP contribution in [-0.4, -0.2) is 19.9 Å². The quantitative estimate of drug-likeness (QED) is 0.194. The predicted molar refractivity (Wildman–Crippen MR) is 189 cm³/mol. The van der Waals surface area contributed by atoms with E-state index in [0.29, 0.717) is 28.9 Å². The lowest BCUT2D eigenvalue weighted by molar-refractivity contribution is 0.620. The summed E-state index contributed by atoms with van der Waals surface area (Å²) < 4.78 is 14.9. The molecule has 0 atom stereocenters. The molecule has 4 heterocycles. The second kappa shape index (κ2) is 10.2. The van der Waals surface area contributed by atoms with Gasteiger partial charge in [0.25, 0.3) is 0 Å². The van der Waals surface area contributed by atoms with Gasteiger partial charge >= 0.3 is 0 Å². The van der Waals surface area contributed by atoms with E-state index in [4.69, 9.17) is 28.8 Å². The highest BCUT2D eigenvalue weighted by Gasteiger charge is 2.23. The van der Waals surface area contributed by atoms with Gasteiger partial charge in [0.05, 0.1) is 0 Å². The van der Waals surface area contributed by atoms with Crippen molar-refractivity contribution in [2.24, 2.45) is 0 Å². The minimum absolute atomic E-state index is 0.565. The van der Waals surface area contributed by atoms with Gasteiger partial charge in [-0.05, 0) is 36.4 Å². The summed E-state index contributed by atoms with van der Waals surface area (Å²) in [5.41, 5.74) is 6.70. The molecule has 0 bridgehead atoms. The van der Waals surface area contributed by atoms with E-state index in [0.717, 1.165) is 69.9 Å². The van der Waals surface area contributed by atoms with Crippen LogP contribution in [0.4, 0.5) is 0 Å². The fourth-order valence-corrected chi connectivity index (χ4v) is 7.66. The molecule has 220 valence electrons. The predicted octanol–water partition coefficient (Wildman–Crippen LogP) is 10.9. The van der Waals surface area contributed by atoms with Gasteiger partial charge in [-0.25, -0.2) is 19.9 Å². The van der Waals surface area contributed by atoms with Gasteiger partial charge in [0, 0.05) is 53.2 Å². The molecule has 6 nitrogen and oxygen atoms in total. The number of hydrogen-bond donors (Lipinski definition) is 0. The van der Waals surface area contributed by atoms with E-state index >= 15 is 0 Å². The van der Waals surface area contributed by atoms with Crippen molar-refractivity contribution in [3.8, 4) is 45.6 Å². The third kappa shape index (κ3) is 4.10. The molecule has 6 aromatic carbocycles. The number of thiophene rings is 1. The summed E-state index contributed by atoms with van der Waals surface area (Å²) in [5.74, 6) is 2.30. The second-order valence-corrected chi connectivity index (χ2v) is 12.5. The zero-order chi connectivity index (χ0) is 30.9. The first-order valence-electron chi connectivity index (χ1n) is 15.3. The fourth-order valence-electron chi connectivity index (χ4n) is 6.44. The Bertz CT molecular complexity index is 2800. The van der Waals surface area contributed by atoms with Gasteiger partial charge in [-0.1, -0.05) is 97.1 Å². The van der Waals surface area contributed by atoms with E-state index in [9.17, 15) is 0 Å². The average molecular weight is 623 g/mol. The standard InChI is InChI=1S/C40H22N4O2S/c1-3-12-23(13-4-1)37-42-38(27-18-11-20-30-33(27)25-16-7-9-19-29(25)45-30)44-39(43-37)28-22-31-35(41-40(46-31)24-14-5-2-6-15-24)34-26-17-8-10-21-32(26)47-36(28)34/h1-22H. The molecule has 0 spiro atoms. The molecule has 7 heteroatoms. The number of benzene rings is 6. The van der Waals surface area contributed by atoms with Crippen LogP contribution in [0, 0.1) is 0 Å². The Morgan fingerprint density at radius 2 is 1.11 bits per heavy atom. The molecule has 0 amide bonds. The van der Waals surface area contributed by atoms with Crippen molar-refractivity contribution in [1.29, 1.82) is 0 Å². The Balaban J connectivity index is 1.29. The highest BCUT2D eigenvalue weighted by molar-refractivity contribution is 7.26. The van der Waals surface area contributed by atoms with E-state index < -0.39 is 0 Å². The van der Waals surface area contributed by atoms with Crippen LogP contribution in [0.25, 0.3) is 98.8 Å². The SMILES string of the molecule is c1ccc(-c2nc(-c3cc4oc(-c5ccccc5)nc4c4c3sc3ccccc34)nc(-c3cccc4oc5ccccc5c34)n2)cc1. The van der Waals surface area contributed by atoms with Crippen molar-refractivity contribution >= 4 is 64.5 Å². The maximum absolute atomic E-state index is 6.48. The molecule has 4 aromatic heterocycles. The van der Waals surface area contributed by atoms with Crippen LogP contribution in [0.1, 0.15) is 0 Å². The number of para-hydroxylation sites is 1. The van der Waals surface area contributed by atoms with Gasteiger partial charge in [0.1, 0.15) is 16.7 Å². The molecule has 0 saturated carbocycles. The number of aromatic nitrogens is 4. The first-order chi connectivity index (χ1) is 23.3. The number of furan rings is 1. The topological polar surface area (TPSA) is 77.8 Å². The second-order valence-electron chi connectivity index (χ2n) is 11.4. The van der Waals surface area contributed by atoms with E-state index in [1.807, 2.05) is 97.1 Å². The molecule has 10 rings (SSSR count). The Morgan fingerprint density at radius 3 is 1.94 bits per heavy atom. The summed E-state index contributed by atoms with van der Waals surface area (Å²) >= 11 is 1.72. The largest absolute Gasteiger partial charge is 0.456 e. The monoisotopic (exact) mass is 622 g/mol. The zero-order valence-electron chi connectivity index (χ0n) is 24.7. The van der Waals surface area contributed by atoms with Crippen LogP contribution in [0.2, 0.25) is 0 Å². The normalized spacial score (nSPS) is 11.8. The molecular weight excluding hydrogens is 601 g/mol. The highest BCUT2D eigenvalue weighted by Crippen LogP contribution is 2.45. The van der Waals surface area contributed by atoms with Crippen molar-refractivity contribution in [2.45, 2.75) is 0 Å². The van der Waals surface area contributed by atoms with Crippen LogP contribution in [0.5, 0.6) is 0 Å². The molecular formula is C40H22N4O2S. The van der Waals surface area contributed by atoms with Crippen molar-refractivity contribution in [3.05, 3.63) is 133 Å². The van der Waals surface area contributed by atoms with Crippen LogP contribution < -0.4 is 0 Å². The molecule has 0 unspecified atom stereocenters. The summed E-state index contributed by atoms with van der Waals surface area (Å²) in [5, 5.41) is 4.16. The smallest absolute Gasteiger partial charge is 0.227 e. The lowest BCUT2D eigenvalue weighted by Crippen LogP contribution is -2.00. The third-order valence-electron chi connectivity index (χ3n) is 8.58. The van der Waals surface area contributed by atoms with E-state index in [-0.39, 0.29) is 0 Å². The van der Waals surface area contributed by atoms with Gasteiger partial charge in [-0.3, -0.25) is 0 Å². The highest BCUT2D eigenvalue weighted by atomic mass is 32.1. The number of hydrogen-bond acceptors (Lipinski definition) is 7. The van der Waals surface area contributed by atoms with Crippen LogP contribution in [0.15, 0.2) is 142 Å². The summed E-state index contributed by atoms with van der Waals surface area (Å²) in [6.07, 6.45) is 0. The molecule has 0 aliphatic carbocycles. The maximum Gasteiger partial charge on any atom is 0.227 e. The average Bonchev–Trinajstić information content (AvgIpc) is 3.85. The van der Waals surface area contributed by atoms with Crippen LogP contribution in [-0.2, 0) is 0 Å². The summed E-state index contributed by atoms with van der Waals surface area (Å²) in [6.45, 7) is 0. The van der Waals surface area contributed by atoms with Crippen LogP contribution >= 0.6 is 11.3 Å². The first-order valence-corrected chi connectivity index (χ1v) is 16.1. The minimum atomic E-state index is 0.565. The zero-order valence-corrected chi connectivity index (χ0v) is 25.5. The lowest BCUT2D eigenvalue weighted by atomic mass is 10.0. The van der Waals surface area contributed by atoms with E-state index in [1.165, 1.54) is 0 Å². The Hall–Kier alpha value is -6.18. The minimum Gasteiger partial charge on any atom is -0.456 e. The molecule has 0 N–H and O–H groups in total. The molecule has 0 radical (unpaired) electrons. The fraction of sp³-hybridized carbons (Fsp3) is 0. The van der Waals surface area contributed by atoms with Gasteiger partial charge in [-0.2, -0.15) is 0 Å². The van der Waals surface area contributed by atoms with Gasteiger partial charge in [0.2, 0.25) is 5.89 Å². The van der Waals surface area contributed by atoms with Crippen molar-refractivity contribution in [2.75, 3.05) is 0 Å².